The van der Waals surface area contributed by atoms with Crippen molar-refractivity contribution in [2.45, 2.75) is 27.2 Å². The molecule has 116 valence electrons. The lowest BCUT2D eigenvalue weighted by molar-refractivity contribution is -0.141. The van der Waals surface area contributed by atoms with Crippen LogP contribution in [0.5, 0.6) is 0 Å². The topological polar surface area (TPSA) is 49.6 Å². The Bertz CT molecular complexity index is 489. The SMILES string of the molecule is CCC(C)(CN)C(=O)N1CCN(c2cccc(C)c2)CC1. The second-order valence-corrected chi connectivity index (χ2v) is 6.24. The van der Waals surface area contributed by atoms with Gasteiger partial charge in [-0.25, -0.2) is 0 Å². The molecule has 2 N–H and O–H groups in total. The van der Waals surface area contributed by atoms with Gasteiger partial charge < -0.3 is 15.5 Å². The van der Waals surface area contributed by atoms with E-state index in [9.17, 15) is 4.79 Å². The summed E-state index contributed by atoms with van der Waals surface area (Å²) in [6.07, 6.45) is 0.792. The summed E-state index contributed by atoms with van der Waals surface area (Å²) in [7, 11) is 0. The fourth-order valence-electron chi connectivity index (χ4n) is 2.76. The summed E-state index contributed by atoms with van der Waals surface area (Å²) in [5.41, 5.74) is 7.91. The highest BCUT2D eigenvalue weighted by atomic mass is 16.2. The Labute approximate surface area is 127 Å². The zero-order valence-electron chi connectivity index (χ0n) is 13.4. The third-order valence-electron chi connectivity index (χ3n) is 4.68. The second kappa shape index (κ2) is 6.48. The average molecular weight is 289 g/mol. The first kappa shape index (κ1) is 15.8. The maximum Gasteiger partial charge on any atom is 0.229 e. The molecule has 2 rings (SSSR count). The predicted molar refractivity (Wildman–Crippen MR) is 87.4 cm³/mol. The van der Waals surface area contributed by atoms with Crippen LogP contribution >= 0.6 is 0 Å². The standard InChI is InChI=1S/C17H27N3O/c1-4-17(3,13-18)16(21)20-10-8-19(9-11-20)15-7-5-6-14(2)12-15/h5-7,12H,4,8-11,13,18H2,1-3H3. The molecule has 1 unspecified atom stereocenters. The molecule has 1 fully saturated rings. The number of rotatable bonds is 4. The van der Waals surface area contributed by atoms with Gasteiger partial charge in [0.05, 0.1) is 5.41 Å². The number of nitrogens with two attached hydrogens (primary N) is 1. The molecule has 0 radical (unpaired) electrons. The summed E-state index contributed by atoms with van der Waals surface area (Å²) >= 11 is 0. The van der Waals surface area contributed by atoms with E-state index in [2.05, 4.69) is 36.1 Å². The quantitative estimate of drug-likeness (QED) is 0.922. The van der Waals surface area contributed by atoms with Crippen molar-refractivity contribution >= 4 is 11.6 Å². The minimum atomic E-state index is -0.411. The van der Waals surface area contributed by atoms with Crippen LogP contribution in [0, 0.1) is 12.3 Å². The van der Waals surface area contributed by atoms with Crippen LogP contribution in [0.4, 0.5) is 5.69 Å². The molecule has 1 atom stereocenters. The third-order valence-corrected chi connectivity index (χ3v) is 4.68. The molecule has 0 spiro atoms. The normalized spacial score (nSPS) is 18.5. The Hall–Kier alpha value is -1.55. The molecule has 4 heteroatoms. The highest BCUT2D eigenvalue weighted by molar-refractivity contribution is 5.82. The molecular weight excluding hydrogens is 262 g/mol. The van der Waals surface area contributed by atoms with Gasteiger partial charge in [0.15, 0.2) is 0 Å². The van der Waals surface area contributed by atoms with Gasteiger partial charge in [-0.05, 0) is 38.0 Å². The molecule has 1 saturated heterocycles. The first-order valence-electron chi connectivity index (χ1n) is 7.81. The van der Waals surface area contributed by atoms with Crippen LogP contribution in [0.1, 0.15) is 25.8 Å². The summed E-state index contributed by atoms with van der Waals surface area (Å²) in [5, 5.41) is 0. The lowest BCUT2D eigenvalue weighted by atomic mass is 9.86. The largest absolute Gasteiger partial charge is 0.368 e. The Morgan fingerprint density at radius 2 is 1.95 bits per heavy atom. The minimum Gasteiger partial charge on any atom is -0.368 e. The summed E-state index contributed by atoms with van der Waals surface area (Å²) < 4.78 is 0. The van der Waals surface area contributed by atoms with Crippen LogP contribution in [0.3, 0.4) is 0 Å². The second-order valence-electron chi connectivity index (χ2n) is 6.24. The molecule has 1 aromatic rings. The first-order valence-corrected chi connectivity index (χ1v) is 7.81. The minimum absolute atomic E-state index is 0.205. The molecule has 1 heterocycles. The number of benzene rings is 1. The summed E-state index contributed by atoms with van der Waals surface area (Å²) in [5.74, 6) is 0.205. The maximum absolute atomic E-state index is 12.6. The fourth-order valence-corrected chi connectivity index (χ4v) is 2.76. The highest BCUT2D eigenvalue weighted by Gasteiger charge is 2.35. The van der Waals surface area contributed by atoms with E-state index >= 15 is 0 Å². The number of hydrogen-bond donors (Lipinski definition) is 1. The Kier molecular flexibility index (Phi) is 4.88. The van der Waals surface area contributed by atoms with Crippen molar-refractivity contribution in [3.8, 4) is 0 Å². The number of aryl methyl sites for hydroxylation is 1. The van der Waals surface area contributed by atoms with Crippen molar-refractivity contribution in [3.05, 3.63) is 29.8 Å². The summed E-state index contributed by atoms with van der Waals surface area (Å²) in [4.78, 5) is 16.9. The van der Waals surface area contributed by atoms with E-state index in [4.69, 9.17) is 5.73 Å². The van der Waals surface area contributed by atoms with Gasteiger partial charge in [0.2, 0.25) is 5.91 Å². The highest BCUT2D eigenvalue weighted by Crippen LogP contribution is 2.24. The van der Waals surface area contributed by atoms with Gasteiger partial charge in [-0.15, -0.1) is 0 Å². The van der Waals surface area contributed by atoms with E-state index in [-0.39, 0.29) is 5.91 Å². The van der Waals surface area contributed by atoms with Crippen LogP contribution in [-0.4, -0.2) is 43.5 Å². The zero-order chi connectivity index (χ0) is 15.5. The van der Waals surface area contributed by atoms with Gasteiger partial charge in [0.1, 0.15) is 0 Å². The van der Waals surface area contributed by atoms with Gasteiger partial charge in [0, 0.05) is 38.4 Å². The molecule has 0 saturated carbocycles. The van der Waals surface area contributed by atoms with Crippen LogP contribution in [0.2, 0.25) is 0 Å². The van der Waals surface area contributed by atoms with Gasteiger partial charge in [-0.2, -0.15) is 0 Å². The molecule has 1 amide bonds. The molecule has 1 aliphatic rings. The number of carbonyl (C=O) groups excluding carboxylic acids is 1. The van der Waals surface area contributed by atoms with E-state index in [0.717, 1.165) is 32.6 Å². The molecule has 1 aromatic carbocycles. The smallest absolute Gasteiger partial charge is 0.229 e. The van der Waals surface area contributed by atoms with Crippen molar-refractivity contribution in [2.24, 2.45) is 11.1 Å². The van der Waals surface area contributed by atoms with Crippen molar-refractivity contribution in [2.75, 3.05) is 37.6 Å². The molecule has 4 nitrogen and oxygen atoms in total. The van der Waals surface area contributed by atoms with Crippen molar-refractivity contribution < 1.29 is 4.79 Å². The monoisotopic (exact) mass is 289 g/mol. The van der Waals surface area contributed by atoms with Crippen molar-refractivity contribution in [1.82, 2.24) is 4.90 Å². The number of nitrogens with zero attached hydrogens (tertiary/aromatic N) is 2. The zero-order valence-corrected chi connectivity index (χ0v) is 13.4. The Balaban J connectivity index is 1.99. The van der Waals surface area contributed by atoms with Gasteiger partial charge >= 0.3 is 0 Å². The van der Waals surface area contributed by atoms with Crippen LogP contribution < -0.4 is 10.6 Å². The number of hydrogen-bond acceptors (Lipinski definition) is 3. The molecular formula is C17H27N3O. The van der Waals surface area contributed by atoms with Gasteiger partial charge in [0.25, 0.3) is 0 Å². The number of amides is 1. The number of anilines is 1. The number of piperazine rings is 1. The van der Waals surface area contributed by atoms with Crippen molar-refractivity contribution in [1.29, 1.82) is 0 Å². The van der Waals surface area contributed by atoms with Crippen molar-refractivity contribution in [3.63, 3.8) is 0 Å². The molecule has 21 heavy (non-hydrogen) atoms. The van der Waals surface area contributed by atoms with Crippen LogP contribution in [-0.2, 0) is 4.79 Å². The number of carbonyl (C=O) groups is 1. The summed E-state index contributed by atoms with van der Waals surface area (Å²) in [6, 6.07) is 8.54. The van der Waals surface area contributed by atoms with Crippen LogP contribution in [0.15, 0.2) is 24.3 Å². The van der Waals surface area contributed by atoms with Gasteiger partial charge in [-0.3, -0.25) is 4.79 Å². The predicted octanol–water partition coefficient (Wildman–Crippen LogP) is 2.02. The Morgan fingerprint density at radius 1 is 1.29 bits per heavy atom. The van der Waals surface area contributed by atoms with E-state index in [0.29, 0.717) is 6.54 Å². The van der Waals surface area contributed by atoms with E-state index < -0.39 is 5.41 Å². The van der Waals surface area contributed by atoms with Gasteiger partial charge in [-0.1, -0.05) is 19.1 Å². The van der Waals surface area contributed by atoms with E-state index in [1.807, 2.05) is 18.7 Å². The Morgan fingerprint density at radius 3 is 2.48 bits per heavy atom. The molecule has 0 aromatic heterocycles. The molecule has 0 aliphatic carbocycles. The van der Waals surface area contributed by atoms with Crippen LogP contribution in [0.25, 0.3) is 0 Å². The third kappa shape index (κ3) is 3.38. The first-order chi connectivity index (χ1) is 10.00. The lowest BCUT2D eigenvalue weighted by Gasteiger charge is -2.40. The fraction of sp³-hybridized carbons (Fsp3) is 0.588. The lowest BCUT2D eigenvalue weighted by Crippen LogP contribution is -2.54. The molecule has 1 aliphatic heterocycles. The average Bonchev–Trinajstić information content (AvgIpc) is 2.53. The maximum atomic E-state index is 12.6. The summed E-state index contributed by atoms with van der Waals surface area (Å²) in [6.45, 7) is 9.87. The molecule has 0 bridgehead atoms. The van der Waals surface area contributed by atoms with E-state index in [1.165, 1.54) is 11.3 Å². The van der Waals surface area contributed by atoms with E-state index in [1.54, 1.807) is 0 Å².